The molecule has 6 rings (SSSR count). The minimum Gasteiger partial charge on any atom is -0.479 e. The van der Waals surface area contributed by atoms with E-state index in [0.717, 1.165) is 67.2 Å². The third-order valence-electron chi connectivity index (χ3n) is 8.95. The number of hydrogen-bond donors (Lipinski definition) is 2. The number of benzene rings is 1. The van der Waals surface area contributed by atoms with Gasteiger partial charge in [0.05, 0.1) is 11.7 Å². The molecule has 3 atom stereocenters. The molecule has 7 heteroatoms. The molecule has 1 spiro atoms. The first-order valence-corrected chi connectivity index (χ1v) is 14.6. The van der Waals surface area contributed by atoms with Gasteiger partial charge in [-0.1, -0.05) is 55.7 Å². The zero-order valence-corrected chi connectivity index (χ0v) is 22.8. The maximum atomic E-state index is 12.0. The minimum atomic E-state index is -0.954. The van der Waals surface area contributed by atoms with Crippen molar-refractivity contribution in [1.29, 1.82) is 0 Å². The lowest BCUT2D eigenvalue weighted by Crippen LogP contribution is -2.38. The van der Waals surface area contributed by atoms with Gasteiger partial charge < -0.3 is 19.9 Å². The average Bonchev–Trinajstić information content (AvgIpc) is 3.59. The molecule has 4 aliphatic rings. The van der Waals surface area contributed by atoms with Crippen LogP contribution in [0.15, 0.2) is 54.4 Å². The summed E-state index contributed by atoms with van der Waals surface area (Å²) in [5.74, 6) is 0.720. The number of carboxylic acid groups (broad SMARTS) is 1. The maximum absolute atomic E-state index is 12.0. The fourth-order valence-electron chi connectivity index (χ4n) is 6.89. The summed E-state index contributed by atoms with van der Waals surface area (Å²) in [5, 5.41) is 13.4. The van der Waals surface area contributed by atoms with Crippen LogP contribution in [-0.4, -0.2) is 51.5 Å². The number of hydrogen-bond acceptors (Lipinski definition) is 6. The van der Waals surface area contributed by atoms with Crippen molar-refractivity contribution in [2.24, 2.45) is 5.92 Å². The zero-order chi connectivity index (χ0) is 26.8. The van der Waals surface area contributed by atoms with Crippen molar-refractivity contribution in [1.82, 2.24) is 9.97 Å². The van der Waals surface area contributed by atoms with Gasteiger partial charge in [0, 0.05) is 30.6 Å². The predicted octanol–water partition coefficient (Wildman–Crippen LogP) is 5.37. The van der Waals surface area contributed by atoms with E-state index in [0.29, 0.717) is 0 Å². The molecule has 2 fully saturated rings. The number of allylic oxidation sites excluding steroid dienone is 2. The number of nitrogens with one attached hydrogen (secondary N) is 1. The van der Waals surface area contributed by atoms with E-state index in [2.05, 4.69) is 57.8 Å². The molecule has 0 amide bonds. The van der Waals surface area contributed by atoms with Crippen molar-refractivity contribution in [3.05, 3.63) is 76.8 Å². The lowest BCUT2D eigenvalue weighted by molar-refractivity contribution is -0.159. The second-order valence-corrected chi connectivity index (χ2v) is 11.7. The number of nitrogens with zero attached hydrogens (tertiary/aromatic N) is 2. The molecule has 7 nitrogen and oxygen atoms in total. The zero-order valence-electron chi connectivity index (χ0n) is 22.8. The smallest absolute Gasteiger partial charge is 0.335 e. The number of fused-ring (bicyclic) bond motifs is 2. The predicted molar refractivity (Wildman–Crippen MR) is 150 cm³/mol. The lowest BCUT2D eigenvalue weighted by Gasteiger charge is -2.25. The molecule has 2 aliphatic carbocycles. The van der Waals surface area contributed by atoms with Crippen molar-refractivity contribution in [2.45, 2.75) is 95.0 Å². The number of aryl methyl sites for hydroxylation is 1. The summed E-state index contributed by atoms with van der Waals surface area (Å²) in [6.45, 7) is 3.01. The summed E-state index contributed by atoms with van der Waals surface area (Å²) in [5.41, 5.74) is 5.28. The molecular formula is C32H39N3O4. The van der Waals surface area contributed by atoms with E-state index in [1.807, 2.05) is 6.92 Å². The number of rotatable bonds is 9. The van der Waals surface area contributed by atoms with Gasteiger partial charge in [-0.05, 0) is 67.7 Å². The molecule has 39 heavy (non-hydrogen) atoms. The fourth-order valence-corrected chi connectivity index (χ4v) is 6.89. The van der Waals surface area contributed by atoms with Crippen LogP contribution in [-0.2, 0) is 33.5 Å². The van der Waals surface area contributed by atoms with Crippen molar-refractivity contribution in [3.63, 3.8) is 0 Å². The first-order chi connectivity index (χ1) is 19.0. The summed E-state index contributed by atoms with van der Waals surface area (Å²) in [4.78, 5) is 21.0. The van der Waals surface area contributed by atoms with Crippen molar-refractivity contribution in [2.75, 3.05) is 11.9 Å². The van der Waals surface area contributed by atoms with Crippen LogP contribution in [0.4, 0.5) is 5.82 Å². The first-order valence-electron chi connectivity index (χ1n) is 14.6. The standard InChI is InChI=1S/C32H39N3O4/c1-21-25(30(35-20-34-21)33-19-22-10-4-2-5-11-22)14-6-3-7-15-27-26-18-32(39-28(26)29(38-27)31(36)37)16-23-12-8-9-13-24(23)17-32/h3,6,8-9,12-13,18,20,22,27-29H,2,4-5,7,10-11,14-17,19H2,1H3,(H,36,37)(H,33,34,35). The van der Waals surface area contributed by atoms with Crippen LogP contribution in [0.2, 0.25) is 0 Å². The largest absolute Gasteiger partial charge is 0.479 e. The van der Waals surface area contributed by atoms with Crippen LogP contribution in [0.25, 0.3) is 0 Å². The second kappa shape index (κ2) is 11.2. The van der Waals surface area contributed by atoms with Crippen molar-refractivity contribution in [3.8, 4) is 0 Å². The van der Waals surface area contributed by atoms with Crippen LogP contribution in [0.3, 0.4) is 0 Å². The molecule has 0 bridgehead atoms. The van der Waals surface area contributed by atoms with E-state index >= 15 is 0 Å². The Hall–Kier alpha value is -3.03. The first kappa shape index (κ1) is 26.2. The summed E-state index contributed by atoms with van der Waals surface area (Å²) in [7, 11) is 0. The van der Waals surface area contributed by atoms with E-state index in [-0.39, 0.29) is 6.10 Å². The molecule has 0 radical (unpaired) electrons. The molecular weight excluding hydrogens is 490 g/mol. The Balaban J connectivity index is 1.07. The van der Waals surface area contributed by atoms with E-state index in [9.17, 15) is 9.90 Å². The highest BCUT2D eigenvalue weighted by Crippen LogP contribution is 2.46. The lowest BCUT2D eigenvalue weighted by atomic mass is 9.89. The highest BCUT2D eigenvalue weighted by molar-refractivity contribution is 5.75. The third-order valence-corrected chi connectivity index (χ3v) is 8.95. The van der Waals surface area contributed by atoms with Crippen LogP contribution in [0.1, 0.15) is 67.3 Å². The van der Waals surface area contributed by atoms with Gasteiger partial charge >= 0.3 is 5.97 Å². The van der Waals surface area contributed by atoms with Gasteiger partial charge in [-0.2, -0.15) is 0 Å². The number of carbonyl (C=O) groups is 1. The Morgan fingerprint density at radius 1 is 1.13 bits per heavy atom. The molecule has 3 unspecified atom stereocenters. The van der Waals surface area contributed by atoms with E-state index in [4.69, 9.17) is 9.47 Å². The van der Waals surface area contributed by atoms with E-state index in [1.165, 1.54) is 43.2 Å². The van der Waals surface area contributed by atoms with Crippen molar-refractivity contribution < 1.29 is 19.4 Å². The molecule has 1 aromatic heterocycles. The molecule has 206 valence electrons. The van der Waals surface area contributed by atoms with Crippen molar-refractivity contribution >= 4 is 11.8 Å². The van der Waals surface area contributed by atoms with Gasteiger partial charge in [0.25, 0.3) is 0 Å². The minimum absolute atomic E-state index is 0.238. The third kappa shape index (κ3) is 5.52. The van der Waals surface area contributed by atoms with Gasteiger partial charge in [-0.15, -0.1) is 0 Å². The monoisotopic (exact) mass is 529 g/mol. The average molecular weight is 530 g/mol. The number of anilines is 1. The summed E-state index contributed by atoms with van der Waals surface area (Å²) in [6, 6.07) is 8.39. The van der Waals surface area contributed by atoms with Crippen LogP contribution in [0.5, 0.6) is 0 Å². The summed E-state index contributed by atoms with van der Waals surface area (Å²) < 4.78 is 12.5. The quantitative estimate of drug-likeness (QED) is 0.422. The highest BCUT2D eigenvalue weighted by Gasteiger charge is 2.54. The Bertz CT molecular complexity index is 1240. The summed E-state index contributed by atoms with van der Waals surface area (Å²) >= 11 is 0. The maximum Gasteiger partial charge on any atom is 0.335 e. The Labute approximate surface area is 230 Å². The van der Waals surface area contributed by atoms with E-state index in [1.54, 1.807) is 6.33 Å². The highest BCUT2D eigenvalue weighted by atomic mass is 16.6. The van der Waals surface area contributed by atoms with Gasteiger partial charge in [-0.3, -0.25) is 0 Å². The summed E-state index contributed by atoms with van der Waals surface area (Å²) in [6.07, 6.45) is 17.0. The molecule has 1 aromatic carbocycles. The Morgan fingerprint density at radius 2 is 1.90 bits per heavy atom. The Morgan fingerprint density at radius 3 is 2.64 bits per heavy atom. The molecule has 2 aliphatic heterocycles. The molecule has 2 N–H and O–H groups in total. The van der Waals surface area contributed by atoms with Gasteiger partial charge in [0.1, 0.15) is 18.2 Å². The normalized spacial score (nSPS) is 25.7. The van der Waals surface area contributed by atoms with Gasteiger partial charge in [0.2, 0.25) is 0 Å². The van der Waals surface area contributed by atoms with E-state index < -0.39 is 23.8 Å². The van der Waals surface area contributed by atoms with Crippen LogP contribution < -0.4 is 5.32 Å². The molecule has 1 saturated heterocycles. The fraction of sp³-hybridized carbons (Fsp3) is 0.531. The SMILES string of the molecule is Cc1ncnc(NCC2CCCCC2)c1CC=CCCC1OC(C(=O)O)C2OC3(C=C12)Cc1ccccc1C3. The molecule has 3 heterocycles. The number of ether oxygens (including phenoxy) is 2. The Kier molecular flexibility index (Phi) is 7.54. The second-order valence-electron chi connectivity index (χ2n) is 11.7. The van der Waals surface area contributed by atoms with Crippen LogP contribution in [0, 0.1) is 12.8 Å². The molecule has 2 aromatic rings. The number of aromatic nitrogens is 2. The number of carboxylic acids is 1. The van der Waals surface area contributed by atoms with Gasteiger partial charge in [0.15, 0.2) is 6.10 Å². The molecule has 1 saturated carbocycles. The number of aliphatic carboxylic acids is 1. The van der Waals surface area contributed by atoms with Gasteiger partial charge in [-0.25, -0.2) is 14.8 Å². The topological polar surface area (TPSA) is 93.6 Å². The van der Waals surface area contributed by atoms with Crippen LogP contribution >= 0.6 is 0 Å².